The van der Waals surface area contributed by atoms with Crippen molar-refractivity contribution in [3.63, 3.8) is 0 Å². The standard InChI is InChI=1S/C19H32BNO6/c1-18(2,23)19(3,4)27-20(24)15-5-7-17(8-6-15)26-14-16(22)13-21-9-11-25-12-10-21/h5-8,16,22-24H,9-14H2,1-4H3/t16-/m1/s1. The molecule has 0 radical (unpaired) electrons. The van der Waals surface area contributed by atoms with Crippen molar-refractivity contribution in [3.8, 4) is 5.75 Å². The third kappa shape index (κ3) is 6.74. The van der Waals surface area contributed by atoms with Crippen molar-refractivity contribution < 1.29 is 29.4 Å². The molecule has 1 aliphatic heterocycles. The molecular weight excluding hydrogens is 349 g/mol. The van der Waals surface area contributed by atoms with Crippen LogP contribution in [0.4, 0.5) is 0 Å². The molecule has 7 nitrogen and oxygen atoms in total. The number of ether oxygens (including phenoxy) is 2. The van der Waals surface area contributed by atoms with Crippen LogP contribution >= 0.6 is 0 Å². The minimum absolute atomic E-state index is 0.196. The van der Waals surface area contributed by atoms with E-state index in [1.54, 1.807) is 52.0 Å². The molecule has 0 aliphatic carbocycles. The summed E-state index contributed by atoms with van der Waals surface area (Å²) in [6.45, 7) is 10.5. The zero-order valence-corrected chi connectivity index (χ0v) is 16.7. The van der Waals surface area contributed by atoms with E-state index in [9.17, 15) is 15.2 Å². The van der Waals surface area contributed by atoms with Crippen LogP contribution in [0, 0.1) is 0 Å². The lowest BCUT2D eigenvalue weighted by Gasteiger charge is -2.38. The summed E-state index contributed by atoms with van der Waals surface area (Å²) in [7, 11) is -1.16. The smallest absolute Gasteiger partial charge is 0.491 e. The molecule has 1 fully saturated rings. The van der Waals surface area contributed by atoms with Crippen LogP contribution in [0.25, 0.3) is 0 Å². The van der Waals surface area contributed by atoms with E-state index in [0.717, 1.165) is 13.1 Å². The minimum Gasteiger partial charge on any atom is -0.491 e. The van der Waals surface area contributed by atoms with Gasteiger partial charge < -0.3 is 29.4 Å². The topological polar surface area (TPSA) is 91.6 Å². The summed E-state index contributed by atoms with van der Waals surface area (Å²) < 4.78 is 16.5. The highest BCUT2D eigenvalue weighted by atomic mass is 16.5. The average molecular weight is 381 g/mol. The fourth-order valence-electron chi connectivity index (χ4n) is 2.55. The van der Waals surface area contributed by atoms with E-state index >= 15 is 0 Å². The van der Waals surface area contributed by atoms with Gasteiger partial charge in [0.25, 0.3) is 0 Å². The third-order valence-corrected chi connectivity index (χ3v) is 5.06. The lowest BCUT2D eigenvalue weighted by molar-refractivity contribution is -0.0982. The van der Waals surface area contributed by atoms with E-state index in [0.29, 0.717) is 31.0 Å². The van der Waals surface area contributed by atoms with Crippen molar-refractivity contribution in [2.45, 2.75) is 45.0 Å². The Morgan fingerprint density at radius 2 is 1.74 bits per heavy atom. The van der Waals surface area contributed by atoms with Gasteiger partial charge in [-0.25, -0.2) is 0 Å². The summed E-state index contributed by atoms with van der Waals surface area (Å²) in [4.78, 5) is 2.15. The molecule has 0 aromatic heterocycles. The quantitative estimate of drug-likeness (QED) is 0.519. The molecule has 1 aromatic rings. The lowest BCUT2D eigenvalue weighted by Crippen LogP contribution is -2.53. The van der Waals surface area contributed by atoms with E-state index in [2.05, 4.69) is 4.90 Å². The first-order chi connectivity index (χ1) is 12.6. The van der Waals surface area contributed by atoms with Gasteiger partial charge >= 0.3 is 7.12 Å². The summed E-state index contributed by atoms with van der Waals surface area (Å²) in [5, 5.41) is 30.5. The minimum atomic E-state index is -1.16. The maximum atomic E-state index is 10.3. The molecule has 8 heteroatoms. The van der Waals surface area contributed by atoms with E-state index < -0.39 is 24.4 Å². The Kier molecular flexibility index (Phi) is 7.68. The SMILES string of the molecule is CC(C)(O)C(C)(C)OB(O)c1ccc(OC[C@H](O)CN2CCOCC2)cc1. The molecule has 0 spiro atoms. The van der Waals surface area contributed by atoms with Crippen molar-refractivity contribution in [2.24, 2.45) is 0 Å². The van der Waals surface area contributed by atoms with Crippen LogP contribution in [0.15, 0.2) is 24.3 Å². The predicted molar refractivity (Wildman–Crippen MR) is 104 cm³/mol. The molecule has 2 rings (SSSR count). The second-order valence-corrected chi connectivity index (χ2v) is 7.99. The summed E-state index contributed by atoms with van der Waals surface area (Å²) in [5.41, 5.74) is -1.47. The molecule has 3 N–H and O–H groups in total. The molecule has 1 saturated heterocycles. The zero-order chi connectivity index (χ0) is 20.1. The van der Waals surface area contributed by atoms with E-state index in [1.165, 1.54) is 0 Å². The summed E-state index contributed by atoms with van der Waals surface area (Å²) in [6.07, 6.45) is -0.579. The first kappa shape index (κ1) is 22.1. The normalized spacial score (nSPS) is 17.6. The number of benzene rings is 1. The lowest BCUT2D eigenvalue weighted by atomic mass is 9.76. The Morgan fingerprint density at radius 1 is 1.15 bits per heavy atom. The second-order valence-electron chi connectivity index (χ2n) is 7.99. The molecule has 1 aliphatic rings. The molecule has 1 aromatic carbocycles. The van der Waals surface area contributed by atoms with E-state index in [4.69, 9.17) is 14.1 Å². The van der Waals surface area contributed by atoms with Gasteiger partial charge in [0.15, 0.2) is 0 Å². The highest BCUT2D eigenvalue weighted by Crippen LogP contribution is 2.25. The van der Waals surface area contributed by atoms with Crippen LogP contribution in [-0.2, 0) is 9.39 Å². The van der Waals surface area contributed by atoms with Crippen molar-refractivity contribution in [2.75, 3.05) is 39.5 Å². The van der Waals surface area contributed by atoms with Gasteiger partial charge in [0.2, 0.25) is 0 Å². The fraction of sp³-hybridized carbons (Fsp3) is 0.684. The van der Waals surface area contributed by atoms with Gasteiger partial charge in [-0.1, -0.05) is 12.1 Å². The van der Waals surface area contributed by atoms with E-state index in [1.807, 2.05) is 0 Å². The predicted octanol–water partition coefficient (Wildman–Crippen LogP) is 0.0121. The highest BCUT2D eigenvalue weighted by Gasteiger charge is 2.39. The Bertz CT molecular complexity index is 569. The van der Waals surface area contributed by atoms with Crippen molar-refractivity contribution >= 4 is 12.6 Å². The molecule has 0 saturated carbocycles. The average Bonchev–Trinajstić information content (AvgIpc) is 2.60. The first-order valence-corrected chi connectivity index (χ1v) is 9.38. The molecule has 0 unspecified atom stereocenters. The number of nitrogens with zero attached hydrogens (tertiary/aromatic N) is 1. The van der Waals surface area contributed by atoms with Gasteiger partial charge in [-0.2, -0.15) is 0 Å². The molecule has 0 bridgehead atoms. The van der Waals surface area contributed by atoms with Crippen LogP contribution in [0.2, 0.25) is 0 Å². The van der Waals surface area contributed by atoms with Crippen molar-refractivity contribution in [1.82, 2.24) is 4.90 Å². The Morgan fingerprint density at radius 3 is 2.30 bits per heavy atom. The van der Waals surface area contributed by atoms with Gasteiger partial charge in [0.05, 0.1) is 24.4 Å². The van der Waals surface area contributed by atoms with Crippen LogP contribution in [0.5, 0.6) is 5.75 Å². The maximum Gasteiger partial charge on any atom is 0.491 e. The Hall–Kier alpha value is -1.16. The number of aliphatic hydroxyl groups excluding tert-OH is 1. The van der Waals surface area contributed by atoms with Gasteiger partial charge in [0.1, 0.15) is 18.5 Å². The maximum absolute atomic E-state index is 10.3. The fourth-order valence-corrected chi connectivity index (χ4v) is 2.55. The molecule has 0 amide bonds. The van der Waals surface area contributed by atoms with Gasteiger partial charge in [-0.05, 0) is 45.3 Å². The van der Waals surface area contributed by atoms with Crippen LogP contribution < -0.4 is 10.2 Å². The number of hydrogen-bond donors (Lipinski definition) is 3. The van der Waals surface area contributed by atoms with Gasteiger partial charge in [-0.15, -0.1) is 0 Å². The van der Waals surface area contributed by atoms with Crippen LogP contribution in [0.3, 0.4) is 0 Å². The van der Waals surface area contributed by atoms with Gasteiger partial charge in [-0.3, -0.25) is 4.90 Å². The number of aliphatic hydroxyl groups is 2. The first-order valence-electron chi connectivity index (χ1n) is 9.38. The highest BCUT2D eigenvalue weighted by molar-refractivity contribution is 6.60. The van der Waals surface area contributed by atoms with Gasteiger partial charge in [0, 0.05) is 19.6 Å². The number of β-amino-alcohol motifs (C(OH)–C–C–N with tert-alkyl or cyclic N) is 1. The van der Waals surface area contributed by atoms with Crippen LogP contribution in [0.1, 0.15) is 27.7 Å². The third-order valence-electron chi connectivity index (χ3n) is 5.06. The second kappa shape index (κ2) is 9.36. The summed E-state index contributed by atoms with van der Waals surface area (Å²) in [5.74, 6) is 0.605. The number of rotatable bonds is 9. The van der Waals surface area contributed by atoms with Crippen molar-refractivity contribution in [1.29, 1.82) is 0 Å². The number of morpholine rings is 1. The summed E-state index contributed by atoms with van der Waals surface area (Å²) in [6, 6.07) is 6.85. The Balaban J connectivity index is 1.82. The largest absolute Gasteiger partial charge is 0.491 e. The molecule has 1 atom stereocenters. The number of hydrogen-bond acceptors (Lipinski definition) is 7. The zero-order valence-electron chi connectivity index (χ0n) is 16.7. The monoisotopic (exact) mass is 381 g/mol. The molecular formula is C19H32BNO6. The van der Waals surface area contributed by atoms with E-state index in [-0.39, 0.29) is 6.61 Å². The van der Waals surface area contributed by atoms with Crippen molar-refractivity contribution in [3.05, 3.63) is 24.3 Å². The van der Waals surface area contributed by atoms with Crippen LogP contribution in [-0.4, -0.2) is 84.0 Å². The summed E-state index contributed by atoms with van der Waals surface area (Å²) >= 11 is 0. The molecule has 152 valence electrons. The Labute approximate surface area is 162 Å². The molecule has 27 heavy (non-hydrogen) atoms. The molecule has 1 heterocycles.